The number of ketones is 1. The van der Waals surface area contributed by atoms with E-state index < -0.39 is 5.41 Å². The van der Waals surface area contributed by atoms with Gasteiger partial charge >= 0.3 is 0 Å². The van der Waals surface area contributed by atoms with Gasteiger partial charge in [0, 0.05) is 11.1 Å². The lowest BCUT2D eigenvalue weighted by molar-refractivity contribution is 0.103. The molecule has 2 aliphatic rings. The fourth-order valence-corrected chi connectivity index (χ4v) is 10.6. The number of rotatable bonds is 2. The zero-order valence-electron chi connectivity index (χ0n) is 34.6. The van der Waals surface area contributed by atoms with Gasteiger partial charge in [0.2, 0.25) is 0 Å². The average molecular weight is 673 g/mol. The van der Waals surface area contributed by atoms with Crippen molar-refractivity contribution in [2.24, 2.45) is 0 Å². The quantitative estimate of drug-likeness (QED) is 0.167. The Morgan fingerprint density at radius 2 is 0.608 bits per heavy atom. The molecule has 0 aliphatic heterocycles. The van der Waals surface area contributed by atoms with Crippen molar-refractivity contribution in [2.45, 2.75) is 130 Å². The van der Waals surface area contributed by atoms with E-state index in [2.05, 4.69) is 137 Å². The molecule has 51 heavy (non-hydrogen) atoms. The van der Waals surface area contributed by atoms with Gasteiger partial charge < -0.3 is 0 Å². The normalized spacial score (nSPS) is 13.5. The molecule has 0 aromatic heterocycles. The van der Waals surface area contributed by atoms with Crippen LogP contribution in [0.1, 0.15) is 138 Å². The number of carbonyl (C=O) groups excluding carboxylic acids is 1. The summed E-state index contributed by atoms with van der Waals surface area (Å²) in [6.07, 6.45) is 0. The number of carbonyl (C=O) groups is 1. The predicted octanol–water partition coefficient (Wildman–Crippen LogP) is 12.8. The molecule has 2 aliphatic carbocycles. The van der Waals surface area contributed by atoms with E-state index in [4.69, 9.17) is 0 Å². The summed E-state index contributed by atoms with van der Waals surface area (Å²) in [5.41, 5.74) is 35.8. The molecular formula is C50H56O. The Labute approximate surface area is 307 Å². The van der Waals surface area contributed by atoms with Crippen molar-refractivity contribution in [3.05, 3.63) is 146 Å². The first-order chi connectivity index (χ1) is 23.8. The van der Waals surface area contributed by atoms with Gasteiger partial charge in [0.25, 0.3) is 0 Å². The molecule has 0 saturated carbocycles. The number of fused-ring (bicyclic) bond motifs is 10. The topological polar surface area (TPSA) is 17.1 Å². The number of hydrogen-bond donors (Lipinski definition) is 0. The van der Waals surface area contributed by atoms with Crippen LogP contribution in [0.2, 0.25) is 0 Å². The number of hydrogen-bond acceptors (Lipinski definition) is 1. The van der Waals surface area contributed by atoms with E-state index >= 15 is 4.79 Å². The first-order valence-electron chi connectivity index (χ1n) is 18.9. The zero-order valence-corrected chi connectivity index (χ0v) is 34.6. The molecule has 0 bridgehead atoms. The molecule has 1 nitrogen and oxygen atoms in total. The van der Waals surface area contributed by atoms with Gasteiger partial charge in [-0.25, -0.2) is 0 Å². The summed E-state index contributed by atoms with van der Waals surface area (Å²) in [5.74, 6) is 0.133. The number of benzene rings is 5. The van der Waals surface area contributed by atoms with Crippen LogP contribution in [0.5, 0.6) is 0 Å². The Morgan fingerprint density at radius 3 is 1.02 bits per heavy atom. The van der Waals surface area contributed by atoms with Crippen molar-refractivity contribution < 1.29 is 4.79 Å². The maximum Gasteiger partial charge on any atom is 0.193 e. The minimum absolute atomic E-state index is 0.133. The molecule has 7 rings (SSSR count). The highest BCUT2D eigenvalue weighted by atomic mass is 16.1. The monoisotopic (exact) mass is 672 g/mol. The molecule has 0 N–H and O–H groups in total. The summed E-state index contributed by atoms with van der Waals surface area (Å²) in [6, 6.07) is 4.36. The number of aryl methyl sites for hydroxylation is 2. The standard InChI is InChI=1S/C50H56O/c1-21-19-39(31(11)24(4)23(21)3)49(51)40-20-22(2)41-42-32(12)25(5)28(8)35(15)45(42)50(48(41)38(40)18)46-36(16)29(9)26(6)33(13)43(46)44-34(14)27(7)30(10)37(17)47(44)50/h19-20H,1-18H3. The molecular weight excluding hydrogens is 617 g/mol. The molecule has 262 valence electrons. The molecule has 0 heterocycles. The molecule has 0 amide bonds. The molecule has 0 unspecified atom stereocenters. The van der Waals surface area contributed by atoms with E-state index in [0.717, 1.165) is 22.3 Å². The van der Waals surface area contributed by atoms with Crippen LogP contribution in [0.3, 0.4) is 0 Å². The molecule has 1 heteroatoms. The van der Waals surface area contributed by atoms with Crippen LogP contribution < -0.4 is 0 Å². The second kappa shape index (κ2) is 11.1. The van der Waals surface area contributed by atoms with Crippen molar-refractivity contribution in [1.29, 1.82) is 0 Å². The van der Waals surface area contributed by atoms with Crippen LogP contribution in [0.15, 0.2) is 12.1 Å². The van der Waals surface area contributed by atoms with E-state index in [-0.39, 0.29) is 5.78 Å². The Hall–Kier alpha value is -4.23. The summed E-state index contributed by atoms with van der Waals surface area (Å²) in [6.45, 7) is 41.2. The van der Waals surface area contributed by atoms with Crippen molar-refractivity contribution in [1.82, 2.24) is 0 Å². The van der Waals surface area contributed by atoms with E-state index in [1.54, 1.807) is 0 Å². The molecule has 0 radical (unpaired) electrons. The third-order valence-electron chi connectivity index (χ3n) is 14.8. The van der Waals surface area contributed by atoms with Crippen LogP contribution in [-0.4, -0.2) is 5.78 Å². The minimum Gasteiger partial charge on any atom is -0.289 e. The lowest BCUT2D eigenvalue weighted by Crippen LogP contribution is -2.31. The van der Waals surface area contributed by atoms with E-state index in [1.807, 2.05) is 0 Å². The third kappa shape index (κ3) is 4.02. The van der Waals surface area contributed by atoms with Crippen molar-refractivity contribution in [3.63, 3.8) is 0 Å². The van der Waals surface area contributed by atoms with Crippen LogP contribution >= 0.6 is 0 Å². The summed E-state index contributed by atoms with van der Waals surface area (Å²) in [4.78, 5) is 15.1. The highest BCUT2D eigenvalue weighted by molar-refractivity contribution is 6.13. The SMILES string of the molecule is Cc1cc(C(=O)c2cc(C)c3c(c2C)C2(c4c(C)c(C)c(C)c(C)c4-3)c3c(C)c(C)c(C)c(C)c3-c3c(C)c(C)c(C)c(C)c32)c(C)c(C)c1C. The van der Waals surface area contributed by atoms with Gasteiger partial charge in [-0.3, -0.25) is 4.79 Å². The molecule has 0 fully saturated rings. The van der Waals surface area contributed by atoms with Gasteiger partial charge in [-0.1, -0.05) is 0 Å². The third-order valence-corrected chi connectivity index (χ3v) is 14.8. The molecule has 5 aromatic rings. The second-order valence-corrected chi connectivity index (χ2v) is 16.6. The van der Waals surface area contributed by atoms with Crippen LogP contribution in [0.25, 0.3) is 22.3 Å². The van der Waals surface area contributed by atoms with Gasteiger partial charge in [-0.15, -0.1) is 0 Å². The molecule has 0 saturated heterocycles. The maximum absolute atomic E-state index is 15.1. The second-order valence-electron chi connectivity index (χ2n) is 16.6. The van der Waals surface area contributed by atoms with Crippen molar-refractivity contribution in [3.8, 4) is 22.3 Å². The van der Waals surface area contributed by atoms with E-state index in [9.17, 15) is 0 Å². The Morgan fingerprint density at radius 1 is 0.314 bits per heavy atom. The van der Waals surface area contributed by atoms with Gasteiger partial charge in [0.15, 0.2) is 5.78 Å². The Bertz CT molecular complexity index is 2420. The first kappa shape index (κ1) is 35.2. The summed E-state index contributed by atoms with van der Waals surface area (Å²) in [7, 11) is 0. The van der Waals surface area contributed by atoms with Crippen LogP contribution in [0.4, 0.5) is 0 Å². The van der Waals surface area contributed by atoms with Crippen molar-refractivity contribution >= 4 is 5.78 Å². The fourth-order valence-electron chi connectivity index (χ4n) is 10.6. The molecule has 0 atom stereocenters. The average Bonchev–Trinajstić information content (AvgIpc) is 3.59. The lowest BCUT2D eigenvalue weighted by Gasteiger charge is -2.37. The fraction of sp³-hybridized carbons (Fsp3) is 0.380. The van der Waals surface area contributed by atoms with Gasteiger partial charge in [-0.05, 0) is 281 Å². The zero-order chi connectivity index (χ0) is 37.7. The Balaban J connectivity index is 1.80. The minimum atomic E-state index is -0.553. The molecule has 1 spiro atoms. The van der Waals surface area contributed by atoms with Crippen LogP contribution in [0, 0.1) is 125 Å². The molecule has 5 aromatic carbocycles. The van der Waals surface area contributed by atoms with Gasteiger partial charge in [0.05, 0.1) is 5.41 Å². The summed E-state index contributed by atoms with van der Waals surface area (Å²) in [5, 5.41) is 0. The van der Waals surface area contributed by atoms with Gasteiger partial charge in [-0.2, -0.15) is 0 Å². The maximum atomic E-state index is 15.1. The van der Waals surface area contributed by atoms with Crippen LogP contribution in [-0.2, 0) is 5.41 Å². The highest BCUT2D eigenvalue weighted by Gasteiger charge is 2.57. The van der Waals surface area contributed by atoms with Gasteiger partial charge in [0.1, 0.15) is 0 Å². The van der Waals surface area contributed by atoms with E-state index in [0.29, 0.717) is 0 Å². The Kier molecular flexibility index (Phi) is 7.68. The van der Waals surface area contributed by atoms with Crippen molar-refractivity contribution in [2.75, 3.05) is 0 Å². The first-order valence-corrected chi connectivity index (χ1v) is 18.9. The highest BCUT2D eigenvalue weighted by Crippen LogP contribution is 2.69. The lowest BCUT2D eigenvalue weighted by atomic mass is 9.64. The smallest absolute Gasteiger partial charge is 0.193 e. The summed E-state index contributed by atoms with van der Waals surface area (Å²) < 4.78 is 0. The largest absolute Gasteiger partial charge is 0.289 e. The predicted molar refractivity (Wildman–Crippen MR) is 218 cm³/mol. The summed E-state index contributed by atoms with van der Waals surface area (Å²) >= 11 is 0. The van der Waals surface area contributed by atoms with E-state index in [1.165, 1.54) is 134 Å².